The lowest BCUT2D eigenvalue weighted by Crippen LogP contribution is -2.39. The molecule has 0 unspecified atom stereocenters. The molecule has 0 amide bonds. The van der Waals surface area contributed by atoms with Crippen molar-refractivity contribution in [1.82, 2.24) is 15.5 Å². The number of piperazine rings is 1. The summed E-state index contributed by atoms with van der Waals surface area (Å²) < 4.78 is 10.2. The molecule has 2 fully saturated rings. The van der Waals surface area contributed by atoms with Crippen molar-refractivity contribution in [2.45, 2.75) is 0 Å². The maximum absolute atomic E-state index is 5.20. The van der Waals surface area contributed by atoms with Crippen molar-refractivity contribution in [3.05, 3.63) is 0 Å². The molecule has 2 aliphatic heterocycles. The molecule has 0 spiro atoms. The Kier molecular flexibility index (Phi) is 8.65. The summed E-state index contributed by atoms with van der Waals surface area (Å²) in [7, 11) is 1.74. The van der Waals surface area contributed by atoms with Gasteiger partial charge in [-0.3, -0.25) is 4.90 Å². The molecular formula is C11H25N3O2. The summed E-state index contributed by atoms with van der Waals surface area (Å²) >= 11 is 0. The van der Waals surface area contributed by atoms with Gasteiger partial charge in [-0.05, 0) is 0 Å². The van der Waals surface area contributed by atoms with E-state index in [4.69, 9.17) is 9.47 Å². The molecule has 96 valence electrons. The van der Waals surface area contributed by atoms with Gasteiger partial charge in [0.1, 0.15) is 0 Å². The normalized spacial score (nSPS) is 22.3. The zero-order chi connectivity index (χ0) is 11.5. The average molecular weight is 231 g/mol. The number of morpholine rings is 1. The van der Waals surface area contributed by atoms with Gasteiger partial charge < -0.3 is 20.1 Å². The van der Waals surface area contributed by atoms with E-state index in [1.807, 2.05) is 0 Å². The number of hydrogen-bond donors (Lipinski definition) is 2. The van der Waals surface area contributed by atoms with E-state index >= 15 is 0 Å². The van der Waals surface area contributed by atoms with E-state index in [1.54, 1.807) is 7.11 Å². The third kappa shape index (κ3) is 7.14. The van der Waals surface area contributed by atoms with Crippen LogP contribution in [0.2, 0.25) is 0 Å². The lowest BCUT2D eigenvalue weighted by atomic mass is 10.4. The molecule has 0 aliphatic carbocycles. The van der Waals surface area contributed by atoms with Crippen LogP contribution < -0.4 is 10.6 Å². The van der Waals surface area contributed by atoms with E-state index in [0.717, 1.165) is 65.6 Å². The van der Waals surface area contributed by atoms with Gasteiger partial charge in [0.25, 0.3) is 0 Å². The lowest BCUT2D eigenvalue weighted by molar-refractivity contribution is 0.0263. The Bertz CT molecular complexity index is 137. The monoisotopic (exact) mass is 231 g/mol. The molecule has 16 heavy (non-hydrogen) atoms. The van der Waals surface area contributed by atoms with Crippen LogP contribution >= 0.6 is 0 Å². The van der Waals surface area contributed by atoms with Crippen molar-refractivity contribution < 1.29 is 9.47 Å². The predicted molar refractivity (Wildman–Crippen MR) is 64.9 cm³/mol. The van der Waals surface area contributed by atoms with Crippen LogP contribution in [0.1, 0.15) is 0 Å². The standard InChI is InChI=1S/C7H15NO2.C4H10N2/c1-9-5-2-8-3-6-10-7-4-8;1-2-6-4-3-5-1/h2-7H2,1H3;5-6H,1-4H2. The van der Waals surface area contributed by atoms with Crippen LogP contribution in [0.4, 0.5) is 0 Å². The zero-order valence-corrected chi connectivity index (χ0v) is 10.3. The van der Waals surface area contributed by atoms with Crippen LogP contribution in [0.25, 0.3) is 0 Å². The van der Waals surface area contributed by atoms with E-state index in [-0.39, 0.29) is 0 Å². The van der Waals surface area contributed by atoms with Crippen LogP contribution in [-0.4, -0.2) is 77.6 Å². The number of nitrogens with one attached hydrogen (secondary N) is 2. The van der Waals surface area contributed by atoms with Crippen molar-refractivity contribution in [2.24, 2.45) is 0 Å². The van der Waals surface area contributed by atoms with Crippen molar-refractivity contribution in [3.8, 4) is 0 Å². The second kappa shape index (κ2) is 9.99. The minimum absolute atomic E-state index is 0.833. The summed E-state index contributed by atoms with van der Waals surface area (Å²) in [5, 5.41) is 6.44. The lowest BCUT2D eigenvalue weighted by Gasteiger charge is -2.25. The maximum atomic E-state index is 5.20. The fraction of sp³-hybridized carbons (Fsp3) is 1.00. The number of rotatable bonds is 3. The number of hydrogen-bond acceptors (Lipinski definition) is 5. The van der Waals surface area contributed by atoms with Gasteiger partial charge in [0, 0.05) is 52.9 Å². The largest absolute Gasteiger partial charge is 0.383 e. The van der Waals surface area contributed by atoms with Crippen molar-refractivity contribution >= 4 is 0 Å². The van der Waals surface area contributed by atoms with Gasteiger partial charge in [0.05, 0.1) is 19.8 Å². The molecule has 0 aromatic rings. The highest BCUT2D eigenvalue weighted by Gasteiger charge is 2.08. The average Bonchev–Trinajstić information content (AvgIpc) is 2.40. The van der Waals surface area contributed by atoms with Gasteiger partial charge in [-0.2, -0.15) is 0 Å². The second-order valence-electron chi connectivity index (χ2n) is 3.95. The SMILES string of the molecule is C1CNCCN1.COCCN1CCOCC1. The molecule has 0 aromatic heterocycles. The fourth-order valence-corrected chi connectivity index (χ4v) is 1.65. The Morgan fingerprint density at radius 1 is 1.06 bits per heavy atom. The topological polar surface area (TPSA) is 45.8 Å². The molecule has 0 bridgehead atoms. The summed E-state index contributed by atoms with van der Waals surface area (Å²) in [4.78, 5) is 2.35. The van der Waals surface area contributed by atoms with Crippen LogP contribution in [-0.2, 0) is 9.47 Å². The summed E-state index contributed by atoms with van der Waals surface area (Å²) in [6.07, 6.45) is 0. The van der Waals surface area contributed by atoms with E-state index in [1.165, 1.54) is 0 Å². The summed E-state index contributed by atoms with van der Waals surface area (Å²) in [6.45, 7) is 10.3. The minimum atomic E-state index is 0.833. The molecule has 2 saturated heterocycles. The second-order valence-corrected chi connectivity index (χ2v) is 3.95. The summed E-state index contributed by atoms with van der Waals surface area (Å²) in [5.74, 6) is 0. The molecule has 0 radical (unpaired) electrons. The highest BCUT2D eigenvalue weighted by Crippen LogP contribution is 1.94. The maximum Gasteiger partial charge on any atom is 0.0594 e. The predicted octanol–water partition coefficient (Wildman–Crippen LogP) is -0.856. The molecule has 5 nitrogen and oxygen atoms in total. The summed E-state index contributed by atoms with van der Waals surface area (Å²) in [5.41, 5.74) is 0. The van der Waals surface area contributed by atoms with Crippen molar-refractivity contribution in [3.63, 3.8) is 0 Å². The van der Waals surface area contributed by atoms with Crippen LogP contribution in [0.5, 0.6) is 0 Å². The van der Waals surface area contributed by atoms with E-state index < -0.39 is 0 Å². The Labute approximate surface area is 98.5 Å². The Hall–Kier alpha value is -0.200. The zero-order valence-electron chi connectivity index (χ0n) is 10.3. The number of nitrogens with zero attached hydrogens (tertiary/aromatic N) is 1. The third-order valence-electron chi connectivity index (χ3n) is 2.67. The molecule has 2 N–H and O–H groups in total. The first-order valence-corrected chi connectivity index (χ1v) is 6.14. The summed E-state index contributed by atoms with van der Waals surface area (Å²) in [6, 6.07) is 0. The Morgan fingerprint density at radius 3 is 2.06 bits per heavy atom. The van der Waals surface area contributed by atoms with E-state index in [9.17, 15) is 0 Å². The molecule has 0 atom stereocenters. The van der Waals surface area contributed by atoms with E-state index in [0.29, 0.717) is 0 Å². The third-order valence-corrected chi connectivity index (χ3v) is 2.67. The molecule has 2 rings (SSSR count). The minimum Gasteiger partial charge on any atom is -0.383 e. The highest BCUT2D eigenvalue weighted by molar-refractivity contribution is 4.60. The molecule has 0 saturated carbocycles. The highest BCUT2D eigenvalue weighted by atomic mass is 16.5. The van der Waals surface area contributed by atoms with Crippen molar-refractivity contribution in [2.75, 3.05) is 72.7 Å². The number of methoxy groups -OCH3 is 1. The Balaban J connectivity index is 0.000000181. The van der Waals surface area contributed by atoms with Gasteiger partial charge in [-0.25, -0.2) is 0 Å². The molecule has 2 aliphatic rings. The van der Waals surface area contributed by atoms with Crippen LogP contribution in [0.15, 0.2) is 0 Å². The molecule has 2 heterocycles. The number of ether oxygens (including phenoxy) is 2. The Morgan fingerprint density at radius 2 is 1.62 bits per heavy atom. The molecule has 0 aromatic carbocycles. The van der Waals surface area contributed by atoms with Crippen LogP contribution in [0, 0.1) is 0 Å². The smallest absolute Gasteiger partial charge is 0.0594 e. The van der Waals surface area contributed by atoms with Crippen LogP contribution in [0.3, 0.4) is 0 Å². The van der Waals surface area contributed by atoms with Gasteiger partial charge in [-0.15, -0.1) is 0 Å². The first-order valence-electron chi connectivity index (χ1n) is 6.14. The van der Waals surface area contributed by atoms with Gasteiger partial charge >= 0.3 is 0 Å². The first-order chi connectivity index (χ1) is 7.93. The first kappa shape index (κ1) is 13.9. The molecular weight excluding hydrogens is 206 g/mol. The van der Waals surface area contributed by atoms with Gasteiger partial charge in [0.15, 0.2) is 0 Å². The van der Waals surface area contributed by atoms with E-state index in [2.05, 4.69) is 15.5 Å². The quantitative estimate of drug-likeness (QED) is 0.662. The van der Waals surface area contributed by atoms with Gasteiger partial charge in [0.2, 0.25) is 0 Å². The van der Waals surface area contributed by atoms with Crippen molar-refractivity contribution in [1.29, 1.82) is 0 Å². The molecule has 5 heteroatoms. The fourth-order valence-electron chi connectivity index (χ4n) is 1.65. The van der Waals surface area contributed by atoms with Gasteiger partial charge in [-0.1, -0.05) is 0 Å².